The predicted molar refractivity (Wildman–Crippen MR) is 104 cm³/mol. The van der Waals surface area contributed by atoms with Crippen molar-refractivity contribution in [3.63, 3.8) is 0 Å². The average Bonchev–Trinajstić information content (AvgIpc) is 3.08. The lowest BCUT2D eigenvalue weighted by atomic mass is 10.0. The quantitative estimate of drug-likeness (QED) is 0.487. The molecule has 24 heavy (non-hydrogen) atoms. The number of hydrogen-bond donors (Lipinski definition) is 2. The smallest absolute Gasteiger partial charge is 0.375 e. The number of rotatable bonds is 2. The van der Waals surface area contributed by atoms with Crippen LogP contribution in [0, 0.1) is 0 Å². The first-order valence-corrected chi connectivity index (χ1v) is 9.66. The van der Waals surface area contributed by atoms with E-state index in [1.54, 1.807) is 11.8 Å². The van der Waals surface area contributed by atoms with Crippen molar-refractivity contribution in [3.8, 4) is 0 Å². The molecule has 0 amide bonds. The third-order valence-corrected chi connectivity index (χ3v) is 5.21. The molecular weight excluding hydrogens is 320 g/mol. The zero-order chi connectivity index (χ0) is 16.9. The van der Waals surface area contributed by atoms with E-state index >= 15 is 0 Å². The van der Waals surface area contributed by atoms with E-state index < -0.39 is 0 Å². The molecule has 1 aromatic carbocycles. The van der Waals surface area contributed by atoms with Crippen molar-refractivity contribution in [1.29, 1.82) is 0 Å². The molecule has 0 saturated carbocycles. The number of nitrogens with one attached hydrogen (secondary N) is 2. The van der Waals surface area contributed by atoms with Crippen molar-refractivity contribution in [1.82, 2.24) is 14.9 Å². The number of hydrogen-bond acceptors (Lipinski definition) is 2. The number of para-hydroxylation sites is 1. The molecule has 0 spiro atoms. The van der Waals surface area contributed by atoms with Gasteiger partial charge < -0.3 is 10.1 Å². The van der Waals surface area contributed by atoms with Crippen molar-refractivity contribution in [2.45, 2.75) is 32.7 Å². The van der Waals surface area contributed by atoms with Gasteiger partial charge in [0.05, 0.1) is 38.0 Å². The summed E-state index contributed by atoms with van der Waals surface area (Å²) in [5, 5.41) is 7.96. The molecular formula is C18H27N4OS+. The zero-order valence-electron chi connectivity index (χ0n) is 14.7. The summed E-state index contributed by atoms with van der Waals surface area (Å²) in [6, 6.07) is 8.80. The molecule has 1 aromatic rings. The van der Waals surface area contributed by atoms with Crippen LogP contribution < -0.4 is 15.3 Å². The third kappa shape index (κ3) is 4.07. The summed E-state index contributed by atoms with van der Waals surface area (Å²) in [4.78, 5) is 2.31. The van der Waals surface area contributed by atoms with Crippen LogP contribution in [0.5, 0.6) is 0 Å². The molecule has 2 aliphatic heterocycles. The van der Waals surface area contributed by atoms with Crippen LogP contribution in [0.15, 0.2) is 24.3 Å². The Kier molecular flexibility index (Phi) is 5.72. The molecule has 3 rings (SSSR count). The molecule has 2 N–H and O–H groups in total. The van der Waals surface area contributed by atoms with Gasteiger partial charge in [0.25, 0.3) is 0 Å². The highest BCUT2D eigenvalue weighted by molar-refractivity contribution is 8.14. The molecule has 2 aliphatic rings. The van der Waals surface area contributed by atoms with Gasteiger partial charge in [-0.05, 0) is 36.2 Å². The maximum Gasteiger partial charge on any atom is 0.403 e. The van der Waals surface area contributed by atoms with Crippen molar-refractivity contribution < 1.29 is 4.74 Å². The van der Waals surface area contributed by atoms with Gasteiger partial charge in [-0.3, -0.25) is 10.2 Å². The number of morpholine rings is 1. The van der Waals surface area contributed by atoms with Gasteiger partial charge >= 0.3 is 11.1 Å². The minimum Gasteiger partial charge on any atom is -0.375 e. The molecule has 1 atom stereocenters. The monoisotopic (exact) mass is 347 g/mol. The van der Waals surface area contributed by atoms with Crippen LogP contribution in [0.1, 0.15) is 32.3 Å². The molecule has 5 nitrogen and oxygen atoms in total. The van der Waals surface area contributed by atoms with E-state index in [-0.39, 0.29) is 0 Å². The molecule has 0 aliphatic carbocycles. The highest BCUT2D eigenvalue weighted by atomic mass is 32.2. The van der Waals surface area contributed by atoms with Crippen molar-refractivity contribution in [2.75, 3.05) is 37.4 Å². The van der Waals surface area contributed by atoms with E-state index in [0.29, 0.717) is 12.0 Å². The second-order valence-electron chi connectivity index (χ2n) is 6.50. The Bertz CT molecular complexity index is 632. The Hall–Kier alpha value is -1.62. The van der Waals surface area contributed by atoms with E-state index in [1.807, 2.05) is 0 Å². The fraction of sp³-hybridized carbons (Fsp3) is 0.556. The Morgan fingerprint density at radius 2 is 2.25 bits per heavy atom. The number of anilines is 1. The molecule has 130 valence electrons. The lowest BCUT2D eigenvalue weighted by Crippen LogP contribution is -2.51. The first-order valence-electron chi connectivity index (χ1n) is 8.68. The minimum absolute atomic E-state index is 0.309. The van der Waals surface area contributed by atoms with E-state index in [2.05, 4.69) is 60.6 Å². The van der Waals surface area contributed by atoms with Gasteiger partial charge in [0.1, 0.15) is 0 Å². The maximum atomic E-state index is 5.59. The van der Waals surface area contributed by atoms with Gasteiger partial charge in [-0.15, -0.1) is 0 Å². The van der Waals surface area contributed by atoms with E-state index in [0.717, 1.165) is 48.9 Å². The van der Waals surface area contributed by atoms with Crippen molar-refractivity contribution in [3.05, 3.63) is 29.8 Å². The first kappa shape index (κ1) is 17.2. The van der Waals surface area contributed by atoms with Gasteiger partial charge in [0.2, 0.25) is 0 Å². The highest BCUT2D eigenvalue weighted by Crippen LogP contribution is 2.24. The van der Waals surface area contributed by atoms with Gasteiger partial charge in [-0.2, -0.15) is 0 Å². The van der Waals surface area contributed by atoms with E-state index in [9.17, 15) is 0 Å². The third-order valence-electron chi connectivity index (χ3n) is 4.29. The summed E-state index contributed by atoms with van der Waals surface area (Å²) in [5.74, 6) is 2.45. The van der Waals surface area contributed by atoms with Crippen LogP contribution in [0.4, 0.5) is 5.69 Å². The molecule has 0 radical (unpaired) electrons. The van der Waals surface area contributed by atoms with E-state index in [4.69, 9.17) is 9.40 Å². The molecule has 2 saturated heterocycles. The second-order valence-corrected chi connectivity index (χ2v) is 7.58. The summed E-state index contributed by atoms with van der Waals surface area (Å²) in [6.07, 6.45) is 0. The Morgan fingerprint density at radius 3 is 2.96 bits per heavy atom. The van der Waals surface area contributed by atoms with Crippen LogP contribution in [0.3, 0.4) is 0 Å². The zero-order valence-corrected chi connectivity index (χ0v) is 15.5. The van der Waals surface area contributed by atoms with Gasteiger partial charge in [0, 0.05) is 5.75 Å². The Labute approximate surface area is 148 Å². The maximum absolute atomic E-state index is 5.59. The number of nitrogens with zero attached hydrogens (tertiary/aromatic N) is 2. The first-order chi connectivity index (χ1) is 11.6. The van der Waals surface area contributed by atoms with Gasteiger partial charge in [0.15, 0.2) is 0 Å². The van der Waals surface area contributed by atoms with Crippen LogP contribution in [0.25, 0.3) is 0 Å². The summed E-state index contributed by atoms with van der Waals surface area (Å²) < 4.78 is 10.5. The SMILES string of the molecule is CC(C)c1ccccc1NC(=[N+]=C1NCCS1)N1CCOCC1C. The molecule has 2 heterocycles. The highest BCUT2D eigenvalue weighted by Gasteiger charge is 2.29. The van der Waals surface area contributed by atoms with Gasteiger partial charge in [-0.25, -0.2) is 4.67 Å². The van der Waals surface area contributed by atoms with E-state index in [1.165, 1.54) is 5.56 Å². The summed E-state index contributed by atoms with van der Waals surface area (Å²) in [6.45, 7) is 9.95. The number of amidine groups is 1. The molecule has 2 fully saturated rings. The Morgan fingerprint density at radius 1 is 1.42 bits per heavy atom. The lowest BCUT2D eigenvalue weighted by Gasteiger charge is -2.30. The van der Waals surface area contributed by atoms with Crippen LogP contribution in [0.2, 0.25) is 0 Å². The fourth-order valence-electron chi connectivity index (χ4n) is 2.97. The second kappa shape index (κ2) is 7.97. The standard InChI is InChI=1S/C18H26N4OS/c1-13(2)15-6-4-5-7-16(15)20-17(21-18-19-8-11-24-18)22-9-10-23-12-14(22)3/h4-7,13-14H,8-12H2,1-3H3,(H,19,20,21)/p+1. The largest absolute Gasteiger partial charge is 0.403 e. The Balaban J connectivity index is 1.95. The average molecular weight is 348 g/mol. The molecule has 1 unspecified atom stereocenters. The van der Waals surface area contributed by atoms with Crippen LogP contribution in [-0.4, -0.2) is 54.1 Å². The van der Waals surface area contributed by atoms with Crippen LogP contribution in [-0.2, 0) is 4.74 Å². The number of thioether (sulfide) groups is 1. The van der Waals surface area contributed by atoms with Crippen molar-refractivity contribution >= 4 is 28.6 Å². The normalized spacial score (nSPS) is 20.8. The van der Waals surface area contributed by atoms with Crippen LogP contribution >= 0.6 is 11.8 Å². The minimum atomic E-state index is 0.309. The van der Waals surface area contributed by atoms with Gasteiger partial charge in [-0.1, -0.05) is 32.0 Å². The number of ether oxygens (including phenoxy) is 1. The topological polar surface area (TPSA) is 50.6 Å². The molecule has 6 heteroatoms. The lowest BCUT2D eigenvalue weighted by molar-refractivity contribution is 0.0331. The molecule has 0 bridgehead atoms. The molecule has 0 aromatic heterocycles. The van der Waals surface area contributed by atoms with Crippen molar-refractivity contribution in [2.24, 2.45) is 0 Å². The summed E-state index contributed by atoms with van der Waals surface area (Å²) in [7, 11) is 0. The fourth-order valence-corrected chi connectivity index (χ4v) is 3.72. The number of benzene rings is 1. The summed E-state index contributed by atoms with van der Waals surface area (Å²) >= 11 is 1.78. The predicted octanol–water partition coefficient (Wildman–Crippen LogP) is 2.06. The number of guanidine groups is 1. The summed E-state index contributed by atoms with van der Waals surface area (Å²) in [5.41, 5.74) is 2.44.